The van der Waals surface area contributed by atoms with Crippen LogP contribution in [0.25, 0.3) is 45.2 Å². The maximum absolute atomic E-state index is 5.20. The molecule has 7 heteroatoms. The highest BCUT2D eigenvalue weighted by Crippen LogP contribution is 2.50. The Balaban J connectivity index is 1.36. The number of benzene rings is 5. The zero-order valence-corrected chi connectivity index (χ0v) is 28.3. The first kappa shape index (κ1) is 31.4. The zero-order chi connectivity index (χ0) is 34.7. The van der Waals surface area contributed by atoms with Gasteiger partial charge in [0.15, 0.2) is 11.6 Å². The van der Waals surface area contributed by atoms with Crippen LogP contribution in [0.15, 0.2) is 169 Å². The predicted octanol–water partition coefficient (Wildman–Crippen LogP) is 10.9. The lowest BCUT2D eigenvalue weighted by atomic mass is 10.0. The molecular formula is C44H35N7. The summed E-state index contributed by atoms with van der Waals surface area (Å²) in [5, 5.41) is 0.955. The van der Waals surface area contributed by atoms with Crippen molar-refractivity contribution in [1.82, 2.24) is 19.5 Å². The first-order valence-corrected chi connectivity index (χ1v) is 16.9. The monoisotopic (exact) mass is 661 g/mol. The Bertz CT molecular complexity index is 2440. The maximum Gasteiger partial charge on any atom is 0.240 e. The van der Waals surface area contributed by atoms with Gasteiger partial charge in [-0.25, -0.2) is 4.98 Å². The Kier molecular flexibility index (Phi) is 8.36. The number of anilines is 4. The Morgan fingerprint density at radius 1 is 0.686 bits per heavy atom. The van der Waals surface area contributed by atoms with Crippen molar-refractivity contribution in [2.75, 3.05) is 16.5 Å². The Morgan fingerprint density at radius 3 is 1.96 bits per heavy atom. The average molecular weight is 662 g/mol. The standard InChI is InChI=1S/C44H35N7/c1-4-16-31(17-5-2)32-26-28-34(29-27-32)42-46-41(33-18-8-6-9-19-33)47-44(48-42)51-37-23-13-12-22-36(37)40(45-3)43(51)50-30-49(35-20-10-7-11-21-35)38-24-14-15-25-39(38)50/h4-29H,1,3,30H2,2H3/b17-5-,31-16+. The molecule has 8 rings (SSSR count). The molecule has 0 fully saturated rings. The third kappa shape index (κ3) is 5.70. The van der Waals surface area contributed by atoms with Crippen molar-refractivity contribution >= 4 is 51.8 Å². The molecule has 7 aromatic rings. The van der Waals surface area contributed by atoms with E-state index in [0.29, 0.717) is 24.3 Å². The summed E-state index contributed by atoms with van der Waals surface area (Å²) in [4.78, 5) is 24.6. The van der Waals surface area contributed by atoms with E-state index in [0.717, 1.165) is 61.7 Å². The molecule has 0 atom stereocenters. The summed E-state index contributed by atoms with van der Waals surface area (Å²) in [5.41, 5.74) is 8.84. The molecule has 0 amide bonds. The molecule has 0 radical (unpaired) electrons. The first-order chi connectivity index (χ1) is 25.2. The fourth-order valence-corrected chi connectivity index (χ4v) is 6.72. The largest absolute Gasteiger partial charge is 0.321 e. The van der Waals surface area contributed by atoms with Crippen LogP contribution in [0, 0.1) is 0 Å². The van der Waals surface area contributed by atoms with Gasteiger partial charge in [0.2, 0.25) is 5.95 Å². The second-order valence-corrected chi connectivity index (χ2v) is 12.1. The number of hydrogen-bond acceptors (Lipinski definition) is 6. The van der Waals surface area contributed by atoms with Gasteiger partial charge in [0.1, 0.15) is 18.2 Å². The van der Waals surface area contributed by atoms with E-state index in [4.69, 9.17) is 15.0 Å². The SMILES string of the molecule is C=C/C=C(\C=C/C)c1ccc(-c2nc(-c3ccccc3)nc(-n3c(N4CN(c5ccccc5)c5ccccc54)c(N=C)c4ccccc43)n2)cc1. The third-order valence-corrected chi connectivity index (χ3v) is 9.03. The number of allylic oxidation sites excluding steroid dienone is 5. The highest BCUT2D eigenvalue weighted by atomic mass is 15.4. The maximum atomic E-state index is 5.20. The number of aliphatic imine (C=N–C) groups is 1. The molecule has 0 unspecified atom stereocenters. The summed E-state index contributed by atoms with van der Waals surface area (Å²) >= 11 is 0. The summed E-state index contributed by atoms with van der Waals surface area (Å²) in [5.74, 6) is 2.45. The first-order valence-electron chi connectivity index (χ1n) is 16.9. The topological polar surface area (TPSA) is 62.4 Å². The second-order valence-electron chi connectivity index (χ2n) is 12.1. The van der Waals surface area contributed by atoms with E-state index in [2.05, 4.69) is 124 Å². The van der Waals surface area contributed by atoms with Crippen LogP contribution in [0.5, 0.6) is 0 Å². The van der Waals surface area contributed by atoms with Crippen LogP contribution in [-0.2, 0) is 0 Å². The van der Waals surface area contributed by atoms with Crippen LogP contribution < -0.4 is 9.80 Å². The molecule has 2 aromatic heterocycles. The van der Waals surface area contributed by atoms with Crippen LogP contribution in [0.1, 0.15) is 12.5 Å². The van der Waals surface area contributed by atoms with Gasteiger partial charge in [0.25, 0.3) is 0 Å². The molecule has 7 nitrogen and oxygen atoms in total. The van der Waals surface area contributed by atoms with Gasteiger partial charge in [0.05, 0.1) is 16.9 Å². The van der Waals surface area contributed by atoms with E-state index in [9.17, 15) is 0 Å². The highest BCUT2D eigenvalue weighted by Gasteiger charge is 2.33. The number of para-hydroxylation sites is 4. The van der Waals surface area contributed by atoms with Crippen molar-refractivity contribution in [3.63, 3.8) is 0 Å². The third-order valence-electron chi connectivity index (χ3n) is 9.03. The van der Waals surface area contributed by atoms with E-state index < -0.39 is 0 Å². The van der Waals surface area contributed by atoms with Crippen LogP contribution in [0.2, 0.25) is 0 Å². The number of hydrogen-bond donors (Lipinski definition) is 0. The molecule has 0 N–H and O–H groups in total. The fraction of sp³-hybridized carbons (Fsp3) is 0.0455. The zero-order valence-electron chi connectivity index (χ0n) is 28.3. The summed E-state index contributed by atoms with van der Waals surface area (Å²) < 4.78 is 2.10. The number of aromatic nitrogens is 4. The van der Waals surface area contributed by atoms with Crippen LogP contribution in [0.4, 0.5) is 28.6 Å². The van der Waals surface area contributed by atoms with Gasteiger partial charge in [-0.15, -0.1) is 0 Å². The molecule has 0 saturated heterocycles. The molecule has 3 heterocycles. The number of fused-ring (bicyclic) bond motifs is 2. The lowest BCUT2D eigenvalue weighted by Crippen LogP contribution is -2.26. The Labute approximate surface area is 297 Å². The predicted molar refractivity (Wildman–Crippen MR) is 212 cm³/mol. The summed E-state index contributed by atoms with van der Waals surface area (Å²) in [6.07, 6.45) is 7.90. The fourth-order valence-electron chi connectivity index (χ4n) is 6.72. The van der Waals surface area contributed by atoms with E-state index in [1.54, 1.807) is 6.08 Å². The molecule has 51 heavy (non-hydrogen) atoms. The smallest absolute Gasteiger partial charge is 0.240 e. The van der Waals surface area contributed by atoms with Crippen molar-refractivity contribution in [2.45, 2.75) is 6.92 Å². The molecule has 246 valence electrons. The average Bonchev–Trinajstić information content (AvgIpc) is 3.74. The molecule has 5 aromatic carbocycles. The van der Waals surface area contributed by atoms with Gasteiger partial charge in [-0.2, -0.15) is 9.97 Å². The van der Waals surface area contributed by atoms with Crippen molar-refractivity contribution in [3.8, 4) is 28.7 Å². The minimum Gasteiger partial charge on any atom is -0.321 e. The van der Waals surface area contributed by atoms with Gasteiger partial charge in [-0.05, 0) is 55.1 Å². The van der Waals surface area contributed by atoms with Crippen LogP contribution in [0.3, 0.4) is 0 Å². The molecule has 0 aliphatic carbocycles. The minimum atomic E-state index is 0.487. The van der Waals surface area contributed by atoms with E-state index >= 15 is 0 Å². The lowest BCUT2D eigenvalue weighted by molar-refractivity contribution is 0.891. The van der Waals surface area contributed by atoms with Crippen molar-refractivity contribution < 1.29 is 0 Å². The van der Waals surface area contributed by atoms with Crippen molar-refractivity contribution in [1.29, 1.82) is 0 Å². The lowest BCUT2D eigenvalue weighted by Gasteiger charge is -2.24. The van der Waals surface area contributed by atoms with E-state index in [1.165, 1.54) is 0 Å². The van der Waals surface area contributed by atoms with Crippen LogP contribution in [-0.4, -0.2) is 32.9 Å². The molecule has 0 saturated carbocycles. The Morgan fingerprint density at radius 2 is 1.29 bits per heavy atom. The minimum absolute atomic E-state index is 0.487. The van der Waals surface area contributed by atoms with Gasteiger partial charge >= 0.3 is 0 Å². The van der Waals surface area contributed by atoms with E-state index in [1.807, 2.05) is 67.6 Å². The summed E-state index contributed by atoms with van der Waals surface area (Å²) in [6, 6.07) is 45.4. The molecule has 0 spiro atoms. The number of nitrogens with zero attached hydrogens (tertiary/aromatic N) is 7. The normalized spacial score (nSPS) is 12.8. The summed E-state index contributed by atoms with van der Waals surface area (Å²) in [7, 11) is 0. The van der Waals surface area contributed by atoms with Crippen LogP contribution >= 0.6 is 0 Å². The van der Waals surface area contributed by atoms with Crippen molar-refractivity contribution in [2.24, 2.45) is 4.99 Å². The van der Waals surface area contributed by atoms with Crippen molar-refractivity contribution in [3.05, 3.63) is 170 Å². The molecule has 1 aliphatic heterocycles. The molecule has 0 bridgehead atoms. The van der Waals surface area contributed by atoms with Gasteiger partial charge in [-0.3, -0.25) is 9.56 Å². The van der Waals surface area contributed by atoms with Gasteiger partial charge in [-0.1, -0.05) is 134 Å². The molecule has 1 aliphatic rings. The Hall–Kier alpha value is -6.86. The quantitative estimate of drug-likeness (QED) is 0.114. The van der Waals surface area contributed by atoms with Gasteiger partial charge in [0, 0.05) is 22.2 Å². The number of rotatable bonds is 9. The van der Waals surface area contributed by atoms with Gasteiger partial charge < -0.3 is 9.80 Å². The highest BCUT2D eigenvalue weighted by molar-refractivity contribution is 6.03. The van der Waals surface area contributed by atoms with E-state index in [-0.39, 0.29) is 0 Å². The second kappa shape index (κ2) is 13.6. The molecular weight excluding hydrogens is 627 g/mol. The summed E-state index contributed by atoms with van der Waals surface area (Å²) in [6.45, 7) is 10.5.